The highest BCUT2D eigenvalue weighted by atomic mass is 15.1. The van der Waals surface area contributed by atoms with Crippen molar-refractivity contribution in [3.05, 3.63) is 0 Å². The Labute approximate surface area is 126 Å². The van der Waals surface area contributed by atoms with Crippen LogP contribution in [-0.2, 0) is 0 Å². The van der Waals surface area contributed by atoms with E-state index in [1.54, 1.807) is 0 Å². The van der Waals surface area contributed by atoms with Crippen LogP contribution < -0.4 is 5.73 Å². The smallest absolute Gasteiger partial charge is 0.00501 e. The third-order valence-electron chi connectivity index (χ3n) is 5.96. The Hall–Kier alpha value is -0.0800. The van der Waals surface area contributed by atoms with E-state index in [0.717, 1.165) is 18.4 Å². The summed E-state index contributed by atoms with van der Waals surface area (Å²) in [5.74, 6) is 1.80. The summed E-state index contributed by atoms with van der Waals surface area (Å²) in [5.41, 5.74) is 6.65. The van der Waals surface area contributed by atoms with Crippen LogP contribution in [0.5, 0.6) is 0 Å². The molecule has 0 spiro atoms. The lowest BCUT2D eigenvalue weighted by molar-refractivity contribution is 0.137. The summed E-state index contributed by atoms with van der Waals surface area (Å²) in [5, 5.41) is 0. The van der Waals surface area contributed by atoms with Gasteiger partial charge in [-0.05, 0) is 69.0 Å². The molecule has 0 aromatic carbocycles. The van der Waals surface area contributed by atoms with E-state index in [1.807, 2.05) is 0 Å². The molecule has 0 radical (unpaired) electrons. The van der Waals surface area contributed by atoms with E-state index in [4.69, 9.17) is 5.73 Å². The first-order valence-corrected chi connectivity index (χ1v) is 9.08. The lowest BCUT2D eigenvalue weighted by Crippen LogP contribution is -2.43. The molecule has 0 amide bonds. The lowest BCUT2D eigenvalue weighted by atomic mass is 9.80. The largest absolute Gasteiger partial charge is 0.330 e. The van der Waals surface area contributed by atoms with Gasteiger partial charge in [-0.2, -0.15) is 0 Å². The molecule has 0 aromatic heterocycles. The highest BCUT2D eigenvalue weighted by Crippen LogP contribution is 2.36. The van der Waals surface area contributed by atoms with Crippen LogP contribution >= 0.6 is 0 Å². The third-order valence-corrected chi connectivity index (χ3v) is 5.96. The summed E-state index contributed by atoms with van der Waals surface area (Å²) in [4.78, 5) is 2.75. The molecule has 1 atom stereocenters. The van der Waals surface area contributed by atoms with E-state index >= 15 is 0 Å². The second-order valence-corrected chi connectivity index (χ2v) is 7.83. The number of rotatable bonds is 4. The first kappa shape index (κ1) is 16.3. The zero-order valence-corrected chi connectivity index (χ0v) is 13.9. The van der Waals surface area contributed by atoms with Gasteiger partial charge in [0.25, 0.3) is 0 Å². The minimum Gasteiger partial charge on any atom is -0.330 e. The quantitative estimate of drug-likeness (QED) is 0.787. The fraction of sp³-hybridized carbons (Fsp3) is 1.00. The molecule has 0 aromatic rings. The van der Waals surface area contributed by atoms with Crippen LogP contribution in [-0.4, -0.2) is 31.1 Å². The van der Waals surface area contributed by atoms with Gasteiger partial charge >= 0.3 is 0 Å². The van der Waals surface area contributed by atoms with Crippen molar-refractivity contribution in [3.63, 3.8) is 0 Å². The van der Waals surface area contributed by atoms with Crippen LogP contribution in [0.3, 0.4) is 0 Å². The van der Waals surface area contributed by atoms with Crippen LogP contribution in [0.25, 0.3) is 0 Å². The minimum absolute atomic E-state index is 0.439. The Morgan fingerprint density at radius 3 is 2.30 bits per heavy atom. The number of nitrogens with two attached hydrogens (primary N) is 1. The highest BCUT2D eigenvalue weighted by molar-refractivity contribution is 4.87. The monoisotopic (exact) mass is 280 g/mol. The number of hydrogen-bond donors (Lipinski definition) is 1. The molecule has 2 nitrogen and oxygen atoms in total. The first-order valence-electron chi connectivity index (χ1n) is 9.08. The van der Waals surface area contributed by atoms with Gasteiger partial charge in [-0.25, -0.2) is 0 Å². The number of likely N-dealkylation sites (tertiary alicyclic amines) is 1. The molecule has 2 heteroatoms. The molecule has 1 unspecified atom stereocenters. The van der Waals surface area contributed by atoms with Crippen molar-refractivity contribution < 1.29 is 0 Å². The normalized spacial score (nSPS) is 29.1. The molecule has 2 fully saturated rings. The Morgan fingerprint density at radius 1 is 1.00 bits per heavy atom. The topological polar surface area (TPSA) is 29.3 Å². The van der Waals surface area contributed by atoms with Crippen LogP contribution in [0.2, 0.25) is 0 Å². The SMILES string of the molecule is CC(C)C1CCCN(CC2(CN)CCCCCC2)CC1. The van der Waals surface area contributed by atoms with Crippen LogP contribution in [0.4, 0.5) is 0 Å². The van der Waals surface area contributed by atoms with Crippen molar-refractivity contribution in [2.24, 2.45) is 23.0 Å². The maximum atomic E-state index is 6.21. The van der Waals surface area contributed by atoms with Gasteiger partial charge in [-0.15, -0.1) is 0 Å². The molecule has 1 saturated heterocycles. The molecule has 1 saturated carbocycles. The fourth-order valence-corrected chi connectivity index (χ4v) is 4.39. The molecule has 0 bridgehead atoms. The number of nitrogens with zero attached hydrogens (tertiary/aromatic N) is 1. The summed E-state index contributed by atoms with van der Waals surface area (Å²) in [6, 6.07) is 0. The van der Waals surface area contributed by atoms with E-state index in [9.17, 15) is 0 Å². The second kappa shape index (κ2) is 7.79. The Bertz CT molecular complexity index is 267. The summed E-state index contributed by atoms with van der Waals surface area (Å²) in [6.45, 7) is 9.58. The molecule has 2 rings (SSSR count). The molecule has 118 valence electrons. The van der Waals surface area contributed by atoms with Crippen LogP contribution in [0.1, 0.15) is 71.6 Å². The fourth-order valence-electron chi connectivity index (χ4n) is 4.39. The molecular weight excluding hydrogens is 244 g/mol. The van der Waals surface area contributed by atoms with Crippen molar-refractivity contribution in [2.75, 3.05) is 26.2 Å². The molecule has 2 aliphatic rings. The zero-order valence-electron chi connectivity index (χ0n) is 13.9. The minimum atomic E-state index is 0.439. The standard InChI is InChI=1S/C18H36N2/c1-16(2)17-8-7-12-20(13-9-17)15-18(14-19)10-5-3-4-6-11-18/h16-17H,3-15,19H2,1-2H3. The van der Waals surface area contributed by atoms with E-state index in [0.29, 0.717) is 5.41 Å². The lowest BCUT2D eigenvalue weighted by Gasteiger charge is -2.37. The predicted molar refractivity (Wildman–Crippen MR) is 87.8 cm³/mol. The highest BCUT2D eigenvalue weighted by Gasteiger charge is 2.32. The van der Waals surface area contributed by atoms with Gasteiger partial charge in [0.05, 0.1) is 0 Å². The Balaban J connectivity index is 1.90. The van der Waals surface area contributed by atoms with Gasteiger partial charge < -0.3 is 10.6 Å². The van der Waals surface area contributed by atoms with E-state index in [1.165, 1.54) is 77.4 Å². The van der Waals surface area contributed by atoms with Gasteiger partial charge in [0.15, 0.2) is 0 Å². The van der Waals surface area contributed by atoms with Crippen molar-refractivity contribution >= 4 is 0 Å². The molecular formula is C18H36N2. The predicted octanol–water partition coefficient (Wildman–Crippen LogP) is 4.04. The van der Waals surface area contributed by atoms with Gasteiger partial charge in [-0.1, -0.05) is 39.5 Å². The van der Waals surface area contributed by atoms with E-state index in [2.05, 4.69) is 18.7 Å². The number of hydrogen-bond acceptors (Lipinski definition) is 2. The average Bonchev–Trinajstić information content (AvgIpc) is 2.80. The van der Waals surface area contributed by atoms with Crippen molar-refractivity contribution in [3.8, 4) is 0 Å². The van der Waals surface area contributed by atoms with Gasteiger partial charge in [0, 0.05) is 6.54 Å². The summed E-state index contributed by atoms with van der Waals surface area (Å²) < 4.78 is 0. The van der Waals surface area contributed by atoms with Crippen molar-refractivity contribution in [2.45, 2.75) is 71.6 Å². The molecule has 1 heterocycles. The molecule has 1 aliphatic heterocycles. The average molecular weight is 280 g/mol. The van der Waals surface area contributed by atoms with Crippen molar-refractivity contribution in [1.29, 1.82) is 0 Å². The van der Waals surface area contributed by atoms with Crippen molar-refractivity contribution in [1.82, 2.24) is 4.90 Å². The van der Waals surface area contributed by atoms with Crippen LogP contribution in [0, 0.1) is 17.3 Å². The van der Waals surface area contributed by atoms with E-state index in [-0.39, 0.29) is 0 Å². The maximum absolute atomic E-state index is 6.21. The Morgan fingerprint density at radius 2 is 1.70 bits per heavy atom. The van der Waals surface area contributed by atoms with Crippen LogP contribution in [0.15, 0.2) is 0 Å². The van der Waals surface area contributed by atoms with Gasteiger partial charge in [0.2, 0.25) is 0 Å². The maximum Gasteiger partial charge on any atom is 0.00501 e. The summed E-state index contributed by atoms with van der Waals surface area (Å²) in [6.07, 6.45) is 12.6. The Kier molecular flexibility index (Phi) is 6.35. The summed E-state index contributed by atoms with van der Waals surface area (Å²) >= 11 is 0. The second-order valence-electron chi connectivity index (χ2n) is 7.83. The third kappa shape index (κ3) is 4.46. The van der Waals surface area contributed by atoms with Gasteiger partial charge in [0.1, 0.15) is 0 Å². The first-order chi connectivity index (χ1) is 9.65. The molecule has 1 aliphatic carbocycles. The zero-order chi connectivity index (χ0) is 14.4. The summed E-state index contributed by atoms with van der Waals surface area (Å²) in [7, 11) is 0. The molecule has 2 N–H and O–H groups in total. The van der Waals surface area contributed by atoms with E-state index < -0.39 is 0 Å². The van der Waals surface area contributed by atoms with Gasteiger partial charge in [-0.3, -0.25) is 0 Å². The molecule has 20 heavy (non-hydrogen) atoms.